The molecule has 2 N–H and O–H groups in total. The molecule has 2 nitrogen and oxygen atoms in total. The Bertz CT molecular complexity index is 318. The van der Waals surface area contributed by atoms with Crippen LogP contribution >= 0.6 is 0 Å². The molecule has 1 aromatic rings. The zero-order valence-electron chi connectivity index (χ0n) is 6.97. The van der Waals surface area contributed by atoms with Crippen LogP contribution in [0.3, 0.4) is 0 Å². The van der Waals surface area contributed by atoms with E-state index in [-0.39, 0.29) is 5.54 Å². The summed E-state index contributed by atoms with van der Waals surface area (Å²) in [4.78, 5) is 3.73. The first-order chi connectivity index (χ1) is 5.62. The van der Waals surface area contributed by atoms with E-state index >= 15 is 0 Å². The Kier molecular flexibility index (Phi) is 1.45. The monoisotopic (exact) mass is 166 g/mol. The van der Waals surface area contributed by atoms with Crippen LogP contribution < -0.4 is 5.73 Å². The molecule has 0 radical (unpaired) electrons. The number of pyridine rings is 1. The average Bonchev–Trinajstić information content (AvgIpc) is 2.68. The van der Waals surface area contributed by atoms with E-state index in [1.54, 1.807) is 13.0 Å². The molecule has 1 aliphatic rings. The third-order valence-electron chi connectivity index (χ3n) is 2.38. The van der Waals surface area contributed by atoms with Crippen molar-refractivity contribution >= 4 is 0 Å². The topological polar surface area (TPSA) is 38.9 Å². The molecule has 0 spiro atoms. The predicted octanol–water partition coefficient (Wildman–Crippen LogP) is 1.48. The number of aromatic nitrogens is 1. The maximum atomic E-state index is 12.6. The SMILES string of the molecule is Cc1nc(F)ccc1C1(N)CC1. The lowest BCUT2D eigenvalue weighted by molar-refractivity contribution is 0.573. The van der Waals surface area contributed by atoms with Gasteiger partial charge in [-0.05, 0) is 31.4 Å². The normalized spacial score (nSPS) is 19.2. The number of nitrogens with two attached hydrogens (primary N) is 1. The molecule has 1 saturated carbocycles. The molecule has 0 saturated heterocycles. The lowest BCUT2D eigenvalue weighted by Gasteiger charge is -2.10. The van der Waals surface area contributed by atoms with Crippen LogP contribution in [-0.4, -0.2) is 4.98 Å². The summed E-state index contributed by atoms with van der Waals surface area (Å²) in [7, 11) is 0. The molecular formula is C9H11FN2. The molecule has 0 aromatic carbocycles. The van der Waals surface area contributed by atoms with Crippen LogP contribution in [-0.2, 0) is 5.54 Å². The second-order valence-corrected chi connectivity index (χ2v) is 3.42. The van der Waals surface area contributed by atoms with Crippen LogP contribution in [0.4, 0.5) is 4.39 Å². The number of nitrogens with zero attached hydrogens (tertiary/aromatic N) is 1. The zero-order valence-corrected chi connectivity index (χ0v) is 6.97. The fourth-order valence-corrected chi connectivity index (χ4v) is 1.46. The maximum absolute atomic E-state index is 12.6. The number of aryl methyl sites for hydroxylation is 1. The van der Waals surface area contributed by atoms with Gasteiger partial charge in [-0.2, -0.15) is 4.39 Å². The van der Waals surface area contributed by atoms with Crippen molar-refractivity contribution < 1.29 is 4.39 Å². The number of hydrogen-bond donors (Lipinski definition) is 1. The molecule has 0 atom stereocenters. The van der Waals surface area contributed by atoms with Gasteiger partial charge in [0.2, 0.25) is 5.95 Å². The Morgan fingerprint density at radius 3 is 2.67 bits per heavy atom. The highest BCUT2D eigenvalue weighted by atomic mass is 19.1. The standard InChI is InChI=1S/C9H11FN2/c1-6-7(9(11)4-5-9)2-3-8(10)12-6/h2-3H,4-5,11H2,1H3. The summed E-state index contributed by atoms with van der Waals surface area (Å²) >= 11 is 0. The summed E-state index contributed by atoms with van der Waals surface area (Å²) in [6.07, 6.45) is 1.97. The number of hydrogen-bond acceptors (Lipinski definition) is 2. The van der Waals surface area contributed by atoms with Gasteiger partial charge in [0.05, 0.1) is 0 Å². The average molecular weight is 166 g/mol. The molecule has 1 aromatic heterocycles. The minimum atomic E-state index is -0.430. The summed E-state index contributed by atoms with van der Waals surface area (Å²) in [5, 5.41) is 0. The van der Waals surface area contributed by atoms with Gasteiger partial charge in [0.1, 0.15) is 0 Å². The summed E-state index contributed by atoms with van der Waals surface area (Å²) in [5.41, 5.74) is 7.46. The van der Waals surface area contributed by atoms with Crippen molar-refractivity contribution in [3.8, 4) is 0 Å². The predicted molar refractivity (Wildman–Crippen MR) is 44.0 cm³/mol. The molecule has 0 amide bonds. The third-order valence-corrected chi connectivity index (χ3v) is 2.38. The smallest absolute Gasteiger partial charge is 0.213 e. The van der Waals surface area contributed by atoms with Crippen molar-refractivity contribution in [3.05, 3.63) is 29.3 Å². The quantitative estimate of drug-likeness (QED) is 0.642. The van der Waals surface area contributed by atoms with Crippen LogP contribution in [0, 0.1) is 12.9 Å². The Morgan fingerprint density at radius 1 is 1.50 bits per heavy atom. The van der Waals surface area contributed by atoms with Crippen molar-refractivity contribution in [3.63, 3.8) is 0 Å². The summed E-state index contributed by atoms with van der Waals surface area (Å²) in [5.74, 6) is -0.430. The fraction of sp³-hybridized carbons (Fsp3) is 0.444. The van der Waals surface area contributed by atoms with Gasteiger partial charge >= 0.3 is 0 Å². The van der Waals surface area contributed by atoms with Crippen molar-refractivity contribution in [1.82, 2.24) is 4.98 Å². The van der Waals surface area contributed by atoms with E-state index in [2.05, 4.69) is 4.98 Å². The maximum Gasteiger partial charge on any atom is 0.213 e. The van der Waals surface area contributed by atoms with Gasteiger partial charge in [-0.25, -0.2) is 4.98 Å². The van der Waals surface area contributed by atoms with Crippen molar-refractivity contribution in [2.75, 3.05) is 0 Å². The lowest BCUT2D eigenvalue weighted by Crippen LogP contribution is -2.20. The highest BCUT2D eigenvalue weighted by molar-refractivity contribution is 5.32. The molecule has 0 aliphatic heterocycles. The van der Waals surface area contributed by atoms with Gasteiger partial charge in [0.15, 0.2) is 0 Å². The van der Waals surface area contributed by atoms with Gasteiger partial charge in [0.25, 0.3) is 0 Å². The number of halogens is 1. The van der Waals surface area contributed by atoms with Crippen LogP contribution in [0.1, 0.15) is 24.1 Å². The van der Waals surface area contributed by atoms with Gasteiger partial charge in [0, 0.05) is 11.2 Å². The van der Waals surface area contributed by atoms with Crippen LogP contribution in [0.25, 0.3) is 0 Å². The van der Waals surface area contributed by atoms with E-state index in [1.807, 2.05) is 0 Å². The molecule has 1 fully saturated rings. The van der Waals surface area contributed by atoms with Crippen molar-refractivity contribution in [2.24, 2.45) is 5.73 Å². The van der Waals surface area contributed by atoms with E-state index in [4.69, 9.17) is 5.73 Å². The highest BCUT2D eigenvalue weighted by Crippen LogP contribution is 2.43. The molecule has 0 bridgehead atoms. The van der Waals surface area contributed by atoms with E-state index in [9.17, 15) is 4.39 Å². The lowest BCUT2D eigenvalue weighted by atomic mass is 10.1. The highest BCUT2D eigenvalue weighted by Gasteiger charge is 2.41. The van der Waals surface area contributed by atoms with Gasteiger partial charge < -0.3 is 5.73 Å². The summed E-state index contributed by atoms with van der Waals surface area (Å²) < 4.78 is 12.6. The Labute approximate surface area is 70.6 Å². The first-order valence-electron chi connectivity index (χ1n) is 4.04. The van der Waals surface area contributed by atoms with E-state index < -0.39 is 5.95 Å². The molecule has 64 valence electrons. The fourth-order valence-electron chi connectivity index (χ4n) is 1.46. The molecule has 12 heavy (non-hydrogen) atoms. The molecule has 3 heteroatoms. The van der Waals surface area contributed by atoms with Gasteiger partial charge in [-0.3, -0.25) is 0 Å². The Hall–Kier alpha value is -0.960. The summed E-state index contributed by atoms with van der Waals surface area (Å²) in [6.45, 7) is 1.80. The molecular weight excluding hydrogens is 155 g/mol. The zero-order chi connectivity index (χ0) is 8.77. The Morgan fingerprint density at radius 2 is 2.17 bits per heavy atom. The third kappa shape index (κ3) is 1.10. The van der Waals surface area contributed by atoms with E-state index in [1.165, 1.54) is 6.07 Å². The van der Waals surface area contributed by atoms with Crippen molar-refractivity contribution in [1.29, 1.82) is 0 Å². The minimum Gasteiger partial charge on any atom is -0.321 e. The van der Waals surface area contributed by atoms with Crippen LogP contribution in [0.5, 0.6) is 0 Å². The second kappa shape index (κ2) is 2.26. The van der Waals surface area contributed by atoms with E-state index in [0.717, 1.165) is 24.1 Å². The van der Waals surface area contributed by atoms with Gasteiger partial charge in [-0.15, -0.1) is 0 Å². The van der Waals surface area contributed by atoms with Crippen LogP contribution in [0.15, 0.2) is 12.1 Å². The largest absolute Gasteiger partial charge is 0.321 e. The molecule has 0 unspecified atom stereocenters. The first kappa shape index (κ1) is 7.68. The van der Waals surface area contributed by atoms with Gasteiger partial charge in [-0.1, -0.05) is 6.07 Å². The summed E-state index contributed by atoms with van der Waals surface area (Å²) in [6, 6.07) is 3.11. The van der Waals surface area contributed by atoms with E-state index in [0.29, 0.717) is 0 Å². The van der Waals surface area contributed by atoms with Crippen molar-refractivity contribution in [2.45, 2.75) is 25.3 Å². The minimum absolute atomic E-state index is 0.204. The molecule has 1 heterocycles. The van der Waals surface area contributed by atoms with Crippen LogP contribution in [0.2, 0.25) is 0 Å². The molecule has 2 rings (SSSR count). The Balaban J connectivity index is 2.45. The number of rotatable bonds is 1. The molecule has 1 aliphatic carbocycles. The second-order valence-electron chi connectivity index (χ2n) is 3.42. The first-order valence-corrected chi connectivity index (χ1v) is 4.04.